The summed E-state index contributed by atoms with van der Waals surface area (Å²) in [6.07, 6.45) is 1.96. The Labute approximate surface area is 154 Å². The van der Waals surface area contributed by atoms with Crippen LogP contribution in [0.5, 0.6) is 0 Å². The minimum Gasteiger partial charge on any atom is -0.379 e. The first-order valence-electron chi connectivity index (χ1n) is 8.24. The summed E-state index contributed by atoms with van der Waals surface area (Å²) in [4.78, 5) is 2.29. The van der Waals surface area contributed by atoms with Gasteiger partial charge in [-0.2, -0.15) is 4.31 Å². The Morgan fingerprint density at radius 1 is 1.38 bits per heavy atom. The predicted octanol–water partition coefficient (Wildman–Crippen LogP) is 1.24. The molecule has 0 saturated carbocycles. The molecule has 1 atom stereocenters. The van der Waals surface area contributed by atoms with Gasteiger partial charge < -0.3 is 10.1 Å². The fourth-order valence-corrected chi connectivity index (χ4v) is 5.93. The molecule has 0 aliphatic carbocycles. The van der Waals surface area contributed by atoms with Crippen LogP contribution in [0.2, 0.25) is 0 Å². The fraction of sp³-hybridized carbons (Fsp3) is 0.733. The van der Waals surface area contributed by atoms with E-state index in [9.17, 15) is 8.42 Å². The van der Waals surface area contributed by atoms with Crippen molar-refractivity contribution in [2.75, 3.05) is 52.5 Å². The third-order valence-corrected chi connectivity index (χ3v) is 7.80. The van der Waals surface area contributed by atoms with Crippen molar-refractivity contribution in [3.05, 3.63) is 17.5 Å². The van der Waals surface area contributed by atoms with E-state index in [1.165, 1.54) is 11.3 Å². The fourth-order valence-electron chi connectivity index (χ4n) is 3.17. The molecule has 0 radical (unpaired) electrons. The van der Waals surface area contributed by atoms with Crippen LogP contribution in [0.25, 0.3) is 0 Å². The first-order chi connectivity index (χ1) is 11.2. The number of nitrogens with one attached hydrogen (secondary N) is 1. The molecule has 0 aromatic carbocycles. The summed E-state index contributed by atoms with van der Waals surface area (Å²) < 4.78 is 33.6. The summed E-state index contributed by atoms with van der Waals surface area (Å²) in [5, 5.41) is 5.16. The van der Waals surface area contributed by atoms with Crippen LogP contribution in [0, 0.1) is 0 Å². The Morgan fingerprint density at radius 2 is 2.17 bits per heavy atom. The molecular formula is C15H26ClN3O3S2. The van der Waals surface area contributed by atoms with Crippen LogP contribution >= 0.6 is 23.7 Å². The number of rotatable bonds is 6. The standard InChI is InChI=1S/C15H25N3O3S2.ClH/c19-23(20,15-4-2-12-22-15)18(14-3-1-5-16-13-14)7-6-17-8-10-21-11-9-17;/h2,4,12,14,16H,1,3,5-11,13H2;1H. The highest BCUT2D eigenvalue weighted by Crippen LogP contribution is 2.25. The molecule has 24 heavy (non-hydrogen) atoms. The lowest BCUT2D eigenvalue weighted by Crippen LogP contribution is -2.51. The van der Waals surface area contributed by atoms with Crippen LogP contribution in [-0.4, -0.2) is 76.1 Å². The summed E-state index contributed by atoms with van der Waals surface area (Å²) in [7, 11) is -3.40. The first kappa shape index (κ1) is 20.1. The number of sulfonamides is 1. The zero-order valence-electron chi connectivity index (χ0n) is 13.7. The molecule has 138 valence electrons. The van der Waals surface area contributed by atoms with E-state index in [4.69, 9.17) is 4.74 Å². The van der Waals surface area contributed by atoms with E-state index in [0.29, 0.717) is 10.8 Å². The van der Waals surface area contributed by atoms with Crippen LogP contribution in [0.4, 0.5) is 0 Å². The monoisotopic (exact) mass is 395 g/mol. The van der Waals surface area contributed by atoms with Gasteiger partial charge in [-0.15, -0.1) is 23.7 Å². The molecule has 1 aromatic rings. The maximum Gasteiger partial charge on any atom is 0.252 e. The summed E-state index contributed by atoms with van der Waals surface area (Å²) in [5.41, 5.74) is 0. The number of thiophene rings is 1. The zero-order valence-corrected chi connectivity index (χ0v) is 16.2. The molecule has 2 aliphatic heterocycles. The molecule has 9 heteroatoms. The van der Waals surface area contributed by atoms with Crippen molar-refractivity contribution in [1.29, 1.82) is 0 Å². The lowest BCUT2D eigenvalue weighted by Gasteiger charge is -2.35. The van der Waals surface area contributed by atoms with Crippen LogP contribution in [0.1, 0.15) is 12.8 Å². The smallest absolute Gasteiger partial charge is 0.252 e. The normalized spacial score (nSPS) is 23.1. The van der Waals surface area contributed by atoms with Gasteiger partial charge in [0.2, 0.25) is 0 Å². The third kappa shape index (κ3) is 4.91. The van der Waals surface area contributed by atoms with Gasteiger partial charge in [-0.3, -0.25) is 4.90 Å². The maximum absolute atomic E-state index is 13.0. The van der Waals surface area contributed by atoms with Crippen LogP contribution < -0.4 is 5.32 Å². The van der Waals surface area contributed by atoms with E-state index in [1.807, 2.05) is 5.38 Å². The van der Waals surface area contributed by atoms with Gasteiger partial charge >= 0.3 is 0 Å². The molecule has 2 aliphatic rings. The SMILES string of the molecule is Cl.O=S(=O)(c1cccs1)N(CCN1CCOCC1)C1CCCNC1. The van der Waals surface area contributed by atoms with E-state index in [2.05, 4.69) is 10.2 Å². The second-order valence-corrected chi connectivity index (χ2v) is 9.07. The van der Waals surface area contributed by atoms with E-state index in [0.717, 1.165) is 58.8 Å². The number of nitrogens with zero attached hydrogens (tertiary/aromatic N) is 2. The summed E-state index contributed by atoms with van der Waals surface area (Å²) >= 11 is 1.30. The topological polar surface area (TPSA) is 61.9 Å². The van der Waals surface area contributed by atoms with Crippen LogP contribution in [0.15, 0.2) is 21.7 Å². The minimum absolute atomic E-state index is 0. The Kier molecular flexibility index (Phi) is 7.93. The molecule has 1 N–H and O–H groups in total. The van der Waals surface area contributed by atoms with Gasteiger partial charge in [-0.25, -0.2) is 8.42 Å². The van der Waals surface area contributed by atoms with Gasteiger partial charge in [0, 0.05) is 38.8 Å². The Balaban J connectivity index is 0.00000208. The molecule has 2 fully saturated rings. The van der Waals surface area contributed by atoms with E-state index in [-0.39, 0.29) is 18.4 Å². The Bertz CT molecular complexity index is 571. The number of piperidine rings is 1. The molecule has 2 saturated heterocycles. The molecule has 0 amide bonds. The van der Waals surface area contributed by atoms with Crippen molar-refractivity contribution in [3.8, 4) is 0 Å². The molecule has 1 unspecified atom stereocenters. The van der Waals surface area contributed by atoms with Crippen molar-refractivity contribution in [2.45, 2.75) is 23.1 Å². The van der Waals surface area contributed by atoms with Gasteiger partial charge in [-0.05, 0) is 30.8 Å². The number of hydrogen-bond acceptors (Lipinski definition) is 6. The molecular weight excluding hydrogens is 370 g/mol. The van der Waals surface area contributed by atoms with Gasteiger partial charge in [0.1, 0.15) is 4.21 Å². The highest BCUT2D eigenvalue weighted by atomic mass is 35.5. The highest BCUT2D eigenvalue weighted by Gasteiger charge is 2.33. The summed E-state index contributed by atoms with van der Waals surface area (Å²) in [5.74, 6) is 0. The molecule has 3 rings (SSSR count). The molecule has 0 bridgehead atoms. The minimum atomic E-state index is -3.40. The largest absolute Gasteiger partial charge is 0.379 e. The summed E-state index contributed by atoms with van der Waals surface area (Å²) in [6, 6.07) is 3.56. The quantitative estimate of drug-likeness (QED) is 0.785. The zero-order chi connectivity index (χ0) is 16.1. The maximum atomic E-state index is 13.0. The molecule has 1 aromatic heterocycles. The van der Waals surface area contributed by atoms with Crippen molar-refractivity contribution in [3.63, 3.8) is 0 Å². The number of halogens is 1. The van der Waals surface area contributed by atoms with E-state index >= 15 is 0 Å². The number of morpholine rings is 1. The van der Waals surface area contributed by atoms with Crippen LogP contribution in [-0.2, 0) is 14.8 Å². The van der Waals surface area contributed by atoms with Gasteiger partial charge in [0.15, 0.2) is 0 Å². The van der Waals surface area contributed by atoms with Gasteiger partial charge in [-0.1, -0.05) is 6.07 Å². The third-order valence-electron chi connectivity index (χ3n) is 4.48. The average Bonchev–Trinajstić information content (AvgIpc) is 3.12. The Morgan fingerprint density at radius 3 is 2.79 bits per heavy atom. The Hall–Kier alpha value is -0.220. The first-order valence-corrected chi connectivity index (χ1v) is 10.6. The summed E-state index contributed by atoms with van der Waals surface area (Å²) in [6.45, 7) is 6.29. The molecule has 3 heterocycles. The lowest BCUT2D eigenvalue weighted by molar-refractivity contribution is 0.0350. The van der Waals surface area contributed by atoms with Crippen molar-refractivity contribution < 1.29 is 13.2 Å². The highest BCUT2D eigenvalue weighted by molar-refractivity contribution is 7.91. The van der Waals surface area contributed by atoms with Crippen molar-refractivity contribution in [1.82, 2.24) is 14.5 Å². The second-order valence-electron chi connectivity index (χ2n) is 6.00. The lowest BCUT2D eigenvalue weighted by atomic mass is 10.1. The van der Waals surface area contributed by atoms with E-state index in [1.54, 1.807) is 16.4 Å². The number of ether oxygens (including phenoxy) is 1. The predicted molar refractivity (Wildman–Crippen MR) is 98.6 cm³/mol. The van der Waals surface area contributed by atoms with Gasteiger partial charge in [0.05, 0.1) is 13.2 Å². The second kappa shape index (κ2) is 9.47. The number of hydrogen-bond donors (Lipinski definition) is 1. The van der Waals surface area contributed by atoms with Crippen molar-refractivity contribution >= 4 is 33.8 Å². The molecule has 6 nitrogen and oxygen atoms in total. The molecule has 0 spiro atoms. The van der Waals surface area contributed by atoms with E-state index < -0.39 is 10.0 Å². The van der Waals surface area contributed by atoms with Gasteiger partial charge in [0.25, 0.3) is 10.0 Å². The average molecular weight is 396 g/mol. The van der Waals surface area contributed by atoms with Crippen molar-refractivity contribution in [2.24, 2.45) is 0 Å². The van der Waals surface area contributed by atoms with Crippen LogP contribution in [0.3, 0.4) is 0 Å².